The molecule has 1 atom stereocenters. The van der Waals surface area contributed by atoms with Crippen LogP contribution in [-0.2, 0) is 4.79 Å². The summed E-state index contributed by atoms with van der Waals surface area (Å²) in [5.41, 5.74) is -0.267. The number of fused-ring (bicyclic) bond motifs is 1. The fourth-order valence-corrected chi connectivity index (χ4v) is 4.70. The highest BCUT2D eigenvalue weighted by Gasteiger charge is 2.46. The molecule has 0 bridgehead atoms. The molecule has 1 saturated heterocycles. The zero-order chi connectivity index (χ0) is 19.2. The van der Waals surface area contributed by atoms with Crippen molar-refractivity contribution < 1.29 is 14.6 Å². The molecule has 1 aromatic heterocycles. The van der Waals surface area contributed by atoms with Gasteiger partial charge in [0.1, 0.15) is 17.4 Å². The number of rotatable bonds is 3. The quantitative estimate of drug-likeness (QED) is 0.825. The summed E-state index contributed by atoms with van der Waals surface area (Å²) >= 11 is 0. The first-order valence-electron chi connectivity index (χ1n) is 10.2. The van der Waals surface area contributed by atoms with Crippen LogP contribution in [0.15, 0.2) is 18.9 Å². The summed E-state index contributed by atoms with van der Waals surface area (Å²) in [5.74, 6) is 0.838. The van der Waals surface area contributed by atoms with E-state index < -0.39 is 17.1 Å². The maximum Gasteiger partial charge on any atom is 0.232 e. The van der Waals surface area contributed by atoms with E-state index in [1.807, 2.05) is 29.6 Å². The summed E-state index contributed by atoms with van der Waals surface area (Å²) in [6.07, 6.45) is 9.90. The molecule has 1 spiro atoms. The predicted octanol–water partition coefficient (Wildman–Crippen LogP) is 3.39. The van der Waals surface area contributed by atoms with Crippen molar-refractivity contribution in [2.45, 2.75) is 76.5 Å². The second-order valence-corrected chi connectivity index (χ2v) is 9.02. The van der Waals surface area contributed by atoms with Crippen LogP contribution in [0.3, 0.4) is 0 Å². The van der Waals surface area contributed by atoms with Gasteiger partial charge >= 0.3 is 0 Å². The molecule has 2 fully saturated rings. The summed E-state index contributed by atoms with van der Waals surface area (Å²) in [5, 5.41) is 15.4. The number of hydrogen-bond donors (Lipinski definition) is 1. The molecule has 148 valence electrons. The smallest absolute Gasteiger partial charge is 0.232 e. The number of amides is 1. The van der Waals surface area contributed by atoms with Crippen molar-refractivity contribution in [3.8, 4) is 5.75 Å². The number of nitrogens with zero attached hydrogens (tertiary/aromatic N) is 3. The van der Waals surface area contributed by atoms with Gasteiger partial charge in [-0.3, -0.25) is 9.48 Å². The van der Waals surface area contributed by atoms with Gasteiger partial charge in [-0.25, -0.2) is 0 Å². The van der Waals surface area contributed by atoms with E-state index in [0.717, 1.165) is 31.4 Å². The maximum absolute atomic E-state index is 12.7. The van der Waals surface area contributed by atoms with E-state index in [2.05, 4.69) is 11.7 Å². The Bertz CT molecular complexity index is 725. The first-order valence-corrected chi connectivity index (χ1v) is 10.2. The minimum Gasteiger partial charge on any atom is -0.483 e. The lowest BCUT2D eigenvalue weighted by atomic mass is 9.82. The molecule has 6 heteroatoms. The van der Waals surface area contributed by atoms with Gasteiger partial charge in [-0.15, -0.1) is 6.58 Å². The third-order valence-corrected chi connectivity index (χ3v) is 6.65. The van der Waals surface area contributed by atoms with Crippen molar-refractivity contribution >= 4 is 5.91 Å². The molecule has 4 rings (SSSR count). The zero-order valence-electron chi connectivity index (χ0n) is 16.5. The molecule has 0 radical (unpaired) electrons. The van der Waals surface area contributed by atoms with Gasteiger partial charge in [0, 0.05) is 32.4 Å². The highest BCUT2D eigenvalue weighted by atomic mass is 16.5. The molecule has 1 unspecified atom stereocenters. The fraction of sp³-hybridized carbons (Fsp3) is 0.714. The number of carbonyl (C=O) groups is 1. The average Bonchev–Trinajstić information content (AvgIpc) is 3.31. The number of hydrogen-bond acceptors (Lipinski definition) is 4. The molecule has 1 amide bonds. The van der Waals surface area contributed by atoms with E-state index >= 15 is 0 Å². The zero-order valence-corrected chi connectivity index (χ0v) is 16.5. The number of aromatic nitrogens is 2. The van der Waals surface area contributed by atoms with E-state index in [9.17, 15) is 9.90 Å². The lowest BCUT2D eigenvalue weighted by molar-refractivity contribution is -0.142. The van der Waals surface area contributed by atoms with E-state index in [0.29, 0.717) is 31.2 Å². The minimum absolute atomic E-state index is 0.110. The van der Waals surface area contributed by atoms with Gasteiger partial charge in [0.2, 0.25) is 5.91 Å². The average molecular weight is 373 g/mol. The SMILES string of the molecule is C=CC(C)(C)C(=O)N1CCC2(CC1)CC(O)c1nn(C3CCCC3)cc1O2. The van der Waals surface area contributed by atoms with Crippen molar-refractivity contribution in [3.05, 3.63) is 24.5 Å². The first-order chi connectivity index (χ1) is 12.8. The summed E-state index contributed by atoms with van der Waals surface area (Å²) in [6, 6.07) is 0.433. The van der Waals surface area contributed by atoms with Gasteiger partial charge in [0.15, 0.2) is 5.75 Å². The van der Waals surface area contributed by atoms with Crippen LogP contribution in [0.25, 0.3) is 0 Å². The largest absolute Gasteiger partial charge is 0.483 e. The number of ether oxygens (including phenoxy) is 1. The molecule has 3 heterocycles. The Morgan fingerprint density at radius 2 is 2.04 bits per heavy atom. The second kappa shape index (κ2) is 6.66. The molecule has 1 saturated carbocycles. The van der Waals surface area contributed by atoms with Gasteiger partial charge in [-0.1, -0.05) is 18.9 Å². The van der Waals surface area contributed by atoms with Crippen LogP contribution >= 0.6 is 0 Å². The van der Waals surface area contributed by atoms with Gasteiger partial charge in [-0.05, 0) is 26.7 Å². The van der Waals surface area contributed by atoms with Crippen LogP contribution in [0.1, 0.15) is 76.6 Å². The standard InChI is InChI=1S/C21H31N3O3/c1-4-20(2,3)19(26)23-11-9-21(10-12-23)13-16(25)18-17(27-21)14-24(22-18)15-7-5-6-8-15/h4,14-16,25H,1,5-13H2,2-3H3. The van der Waals surface area contributed by atoms with Crippen LogP contribution in [-0.4, -0.2) is 44.4 Å². The molecule has 2 aliphatic heterocycles. The third kappa shape index (κ3) is 3.28. The molecular weight excluding hydrogens is 342 g/mol. The fourth-order valence-electron chi connectivity index (χ4n) is 4.70. The van der Waals surface area contributed by atoms with Crippen molar-refractivity contribution in [3.63, 3.8) is 0 Å². The Morgan fingerprint density at radius 3 is 2.67 bits per heavy atom. The molecular formula is C21H31N3O3. The minimum atomic E-state index is -0.594. The maximum atomic E-state index is 12.7. The number of carbonyl (C=O) groups excluding carboxylic acids is 1. The van der Waals surface area contributed by atoms with Crippen LogP contribution in [0, 0.1) is 5.41 Å². The van der Waals surface area contributed by atoms with Gasteiger partial charge in [0.05, 0.1) is 17.7 Å². The van der Waals surface area contributed by atoms with E-state index in [-0.39, 0.29) is 5.91 Å². The van der Waals surface area contributed by atoms with Crippen molar-refractivity contribution in [2.24, 2.45) is 5.41 Å². The molecule has 1 aromatic rings. The Morgan fingerprint density at radius 1 is 1.37 bits per heavy atom. The normalized spacial score (nSPS) is 25.3. The van der Waals surface area contributed by atoms with Crippen molar-refractivity contribution in [2.75, 3.05) is 13.1 Å². The molecule has 0 aromatic carbocycles. The molecule has 6 nitrogen and oxygen atoms in total. The lowest BCUT2D eigenvalue weighted by Gasteiger charge is -2.45. The highest BCUT2D eigenvalue weighted by Crippen LogP contribution is 2.45. The van der Waals surface area contributed by atoms with Crippen molar-refractivity contribution in [1.82, 2.24) is 14.7 Å². The number of aliphatic hydroxyl groups excluding tert-OH is 1. The summed E-state index contributed by atoms with van der Waals surface area (Å²) < 4.78 is 8.41. The third-order valence-electron chi connectivity index (χ3n) is 6.65. The first kappa shape index (κ1) is 18.5. The van der Waals surface area contributed by atoms with E-state index in [1.165, 1.54) is 12.8 Å². The Hall–Kier alpha value is -1.82. The van der Waals surface area contributed by atoms with Crippen LogP contribution < -0.4 is 4.74 Å². The monoisotopic (exact) mass is 373 g/mol. The van der Waals surface area contributed by atoms with Gasteiger partial charge in [0.25, 0.3) is 0 Å². The topological polar surface area (TPSA) is 67.6 Å². The molecule has 27 heavy (non-hydrogen) atoms. The van der Waals surface area contributed by atoms with E-state index in [4.69, 9.17) is 4.74 Å². The van der Waals surface area contributed by atoms with Gasteiger partial charge in [-0.2, -0.15) is 5.10 Å². The Balaban J connectivity index is 1.47. The summed E-state index contributed by atoms with van der Waals surface area (Å²) in [6.45, 7) is 8.88. The highest BCUT2D eigenvalue weighted by molar-refractivity contribution is 5.83. The van der Waals surface area contributed by atoms with E-state index in [1.54, 1.807) is 6.08 Å². The number of piperidine rings is 1. The van der Waals surface area contributed by atoms with Crippen LogP contribution in [0.5, 0.6) is 5.75 Å². The molecule has 1 aliphatic carbocycles. The summed E-state index contributed by atoms with van der Waals surface area (Å²) in [4.78, 5) is 14.6. The lowest BCUT2D eigenvalue weighted by Crippen LogP contribution is -2.53. The van der Waals surface area contributed by atoms with Crippen LogP contribution in [0.4, 0.5) is 0 Å². The second-order valence-electron chi connectivity index (χ2n) is 9.02. The predicted molar refractivity (Wildman–Crippen MR) is 102 cm³/mol. The number of aliphatic hydroxyl groups is 1. The molecule has 1 N–H and O–H groups in total. The molecule has 3 aliphatic rings. The number of likely N-dealkylation sites (tertiary alicyclic amines) is 1. The Kier molecular flexibility index (Phi) is 4.57. The summed E-state index contributed by atoms with van der Waals surface area (Å²) in [7, 11) is 0. The van der Waals surface area contributed by atoms with Crippen LogP contribution in [0.2, 0.25) is 0 Å². The van der Waals surface area contributed by atoms with Crippen molar-refractivity contribution in [1.29, 1.82) is 0 Å². The van der Waals surface area contributed by atoms with Gasteiger partial charge < -0.3 is 14.7 Å². The Labute approximate surface area is 161 Å².